The van der Waals surface area contributed by atoms with E-state index in [4.69, 9.17) is 4.74 Å². The largest absolute Gasteiger partial charge is 0.385 e. The Bertz CT molecular complexity index is 303. The van der Waals surface area contributed by atoms with Gasteiger partial charge in [0.15, 0.2) is 0 Å². The van der Waals surface area contributed by atoms with Crippen LogP contribution in [-0.2, 0) is 4.74 Å². The lowest BCUT2D eigenvalue weighted by atomic mass is 10.3. The van der Waals surface area contributed by atoms with Gasteiger partial charge in [0.25, 0.3) is 0 Å². The Balaban J connectivity index is 3.99. The van der Waals surface area contributed by atoms with Crippen molar-refractivity contribution in [3.8, 4) is 0 Å². The van der Waals surface area contributed by atoms with Gasteiger partial charge in [-0.15, -0.1) is 0 Å². The van der Waals surface area contributed by atoms with Crippen molar-refractivity contribution in [1.29, 1.82) is 0 Å². The van der Waals surface area contributed by atoms with Crippen molar-refractivity contribution in [3.05, 3.63) is 12.3 Å². The number of methoxy groups -OCH3 is 1. The zero-order valence-electron chi connectivity index (χ0n) is 14.2. The molecule has 0 radical (unpaired) electrons. The predicted octanol–water partition coefficient (Wildman–Crippen LogP) is 2.65. The molecule has 0 saturated heterocycles. The van der Waals surface area contributed by atoms with Crippen molar-refractivity contribution >= 4 is 12.7 Å². The molecule has 5 nitrogen and oxygen atoms in total. The predicted molar refractivity (Wildman–Crippen MR) is 92.3 cm³/mol. The average Bonchev–Trinajstić information content (AvgIpc) is 2.49. The number of ether oxygens (including phenoxy) is 1. The summed E-state index contributed by atoms with van der Waals surface area (Å²) >= 11 is 0. The second-order valence-corrected chi connectivity index (χ2v) is 4.83. The lowest BCUT2D eigenvalue weighted by Crippen LogP contribution is -2.24. The fraction of sp³-hybridized carbons (Fsp3) is 0.750. The van der Waals surface area contributed by atoms with E-state index in [1.54, 1.807) is 20.5 Å². The first-order valence-corrected chi connectivity index (χ1v) is 7.86. The summed E-state index contributed by atoms with van der Waals surface area (Å²) < 4.78 is 5.05. The molecule has 0 bridgehead atoms. The molecule has 0 aromatic rings. The fourth-order valence-electron chi connectivity index (χ4n) is 1.95. The Kier molecular flexibility index (Phi) is 14.3. The first kappa shape index (κ1) is 19.8. The molecule has 0 N–H and O–H groups in total. The van der Waals surface area contributed by atoms with Crippen molar-refractivity contribution in [2.45, 2.75) is 33.1 Å². The molecule has 122 valence electrons. The van der Waals surface area contributed by atoms with Crippen LogP contribution in [0.15, 0.2) is 22.3 Å². The third kappa shape index (κ3) is 12.3. The maximum Gasteiger partial charge on any atom is 0.0956 e. The SMILES string of the molecule is CCCN(CC)CC/C=C/N=CN(C=NC)CCCOC. The number of aliphatic imine (C=N–C) groups is 2. The van der Waals surface area contributed by atoms with Crippen LogP contribution in [0.3, 0.4) is 0 Å². The lowest BCUT2D eigenvalue weighted by molar-refractivity contribution is 0.192. The van der Waals surface area contributed by atoms with Crippen LogP contribution in [0.25, 0.3) is 0 Å². The molecule has 0 aliphatic rings. The number of hydrogen-bond donors (Lipinski definition) is 0. The highest BCUT2D eigenvalue weighted by molar-refractivity contribution is 5.75. The van der Waals surface area contributed by atoms with Crippen LogP contribution in [0.1, 0.15) is 33.1 Å². The molecule has 0 atom stereocenters. The molecular formula is C16H32N4O. The number of hydrogen-bond acceptors (Lipinski definition) is 4. The molecule has 0 saturated carbocycles. The van der Waals surface area contributed by atoms with E-state index in [2.05, 4.69) is 34.8 Å². The van der Waals surface area contributed by atoms with Crippen LogP contribution < -0.4 is 0 Å². The topological polar surface area (TPSA) is 40.4 Å². The zero-order chi connectivity index (χ0) is 15.8. The molecule has 5 heteroatoms. The summed E-state index contributed by atoms with van der Waals surface area (Å²) in [6.45, 7) is 9.43. The van der Waals surface area contributed by atoms with Crippen molar-refractivity contribution in [2.75, 3.05) is 46.9 Å². The van der Waals surface area contributed by atoms with Crippen molar-refractivity contribution in [1.82, 2.24) is 9.80 Å². The van der Waals surface area contributed by atoms with Gasteiger partial charge in [0.2, 0.25) is 0 Å². The van der Waals surface area contributed by atoms with E-state index in [9.17, 15) is 0 Å². The van der Waals surface area contributed by atoms with Gasteiger partial charge in [-0.3, -0.25) is 4.99 Å². The molecular weight excluding hydrogens is 264 g/mol. The van der Waals surface area contributed by atoms with Crippen LogP contribution in [0.4, 0.5) is 0 Å². The highest BCUT2D eigenvalue weighted by Gasteiger charge is 1.97. The number of rotatable bonds is 13. The Morgan fingerprint density at radius 1 is 1.10 bits per heavy atom. The quantitative estimate of drug-likeness (QED) is 0.298. The monoisotopic (exact) mass is 296 g/mol. The lowest BCUT2D eigenvalue weighted by Gasteiger charge is -2.17. The third-order valence-corrected chi connectivity index (χ3v) is 3.03. The van der Waals surface area contributed by atoms with Crippen LogP contribution in [0.5, 0.6) is 0 Å². The van der Waals surface area contributed by atoms with Crippen molar-refractivity contribution in [2.24, 2.45) is 9.98 Å². The van der Waals surface area contributed by atoms with Crippen LogP contribution >= 0.6 is 0 Å². The van der Waals surface area contributed by atoms with Gasteiger partial charge in [0, 0.05) is 40.1 Å². The molecule has 0 spiro atoms. The Morgan fingerprint density at radius 2 is 1.90 bits per heavy atom. The molecule has 0 rings (SSSR count). The Labute approximate surface area is 130 Å². The van der Waals surface area contributed by atoms with Gasteiger partial charge in [-0.25, -0.2) is 4.99 Å². The molecule has 0 aliphatic carbocycles. The van der Waals surface area contributed by atoms with E-state index in [-0.39, 0.29) is 0 Å². The van der Waals surface area contributed by atoms with Crippen LogP contribution in [-0.4, -0.2) is 69.4 Å². The molecule has 0 amide bonds. The molecule has 0 heterocycles. The minimum absolute atomic E-state index is 0.752. The first-order valence-electron chi connectivity index (χ1n) is 7.86. The molecule has 0 aromatic heterocycles. The summed E-state index contributed by atoms with van der Waals surface area (Å²) in [6, 6.07) is 0. The summed E-state index contributed by atoms with van der Waals surface area (Å²) in [5, 5.41) is 0. The number of nitrogens with zero attached hydrogens (tertiary/aromatic N) is 4. The maximum absolute atomic E-state index is 5.05. The molecule has 0 aromatic carbocycles. The standard InChI is InChI=1S/C16H32N4O/c1-5-11-19(6-2)12-8-7-10-18-16-20(15-17-3)13-9-14-21-4/h7,10,15-16H,5-6,8-9,11-14H2,1-4H3/b10-7+,17-15?,18-16?. The third-order valence-electron chi connectivity index (χ3n) is 3.03. The van der Waals surface area contributed by atoms with E-state index in [1.807, 2.05) is 17.4 Å². The first-order chi connectivity index (χ1) is 10.3. The van der Waals surface area contributed by atoms with Gasteiger partial charge < -0.3 is 14.5 Å². The van der Waals surface area contributed by atoms with Crippen molar-refractivity contribution < 1.29 is 4.74 Å². The van der Waals surface area contributed by atoms with Crippen LogP contribution in [0.2, 0.25) is 0 Å². The molecule has 0 fully saturated rings. The smallest absolute Gasteiger partial charge is 0.0956 e. The summed E-state index contributed by atoms with van der Waals surface area (Å²) in [5.41, 5.74) is 0. The van der Waals surface area contributed by atoms with Gasteiger partial charge >= 0.3 is 0 Å². The van der Waals surface area contributed by atoms with E-state index in [0.29, 0.717) is 0 Å². The Morgan fingerprint density at radius 3 is 2.52 bits per heavy atom. The van der Waals surface area contributed by atoms with E-state index < -0.39 is 0 Å². The molecule has 21 heavy (non-hydrogen) atoms. The average molecular weight is 296 g/mol. The molecule has 0 aliphatic heterocycles. The van der Waals surface area contributed by atoms with Gasteiger partial charge in [0.1, 0.15) is 0 Å². The zero-order valence-corrected chi connectivity index (χ0v) is 14.2. The Hall–Kier alpha value is -1.20. The summed E-state index contributed by atoms with van der Waals surface area (Å²) in [6.07, 6.45) is 10.8. The van der Waals surface area contributed by atoms with Gasteiger partial charge in [-0.2, -0.15) is 0 Å². The fourth-order valence-corrected chi connectivity index (χ4v) is 1.95. The van der Waals surface area contributed by atoms with Gasteiger partial charge in [0.05, 0.1) is 12.7 Å². The normalized spacial score (nSPS) is 12.4. The second-order valence-electron chi connectivity index (χ2n) is 4.83. The molecule has 0 unspecified atom stereocenters. The summed E-state index contributed by atoms with van der Waals surface area (Å²) in [4.78, 5) is 12.8. The summed E-state index contributed by atoms with van der Waals surface area (Å²) in [5.74, 6) is 0. The highest BCUT2D eigenvalue weighted by atomic mass is 16.5. The van der Waals surface area contributed by atoms with E-state index in [0.717, 1.165) is 39.1 Å². The maximum atomic E-state index is 5.05. The minimum Gasteiger partial charge on any atom is -0.385 e. The minimum atomic E-state index is 0.752. The van der Waals surface area contributed by atoms with Gasteiger partial charge in [-0.05, 0) is 32.4 Å². The van der Waals surface area contributed by atoms with Crippen LogP contribution in [0, 0.1) is 0 Å². The highest BCUT2D eigenvalue weighted by Crippen LogP contribution is 1.95. The second kappa shape index (κ2) is 15.2. The van der Waals surface area contributed by atoms with Crippen molar-refractivity contribution in [3.63, 3.8) is 0 Å². The summed E-state index contributed by atoms with van der Waals surface area (Å²) in [7, 11) is 3.48. The van der Waals surface area contributed by atoms with Gasteiger partial charge in [-0.1, -0.05) is 19.9 Å². The van der Waals surface area contributed by atoms with E-state index in [1.165, 1.54) is 13.0 Å². The van der Waals surface area contributed by atoms with E-state index >= 15 is 0 Å².